The van der Waals surface area contributed by atoms with Crippen molar-refractivity contribution in [1.29, 1.82) is 5.39 Å². The summed E-state index contributed by atoms with van der Waals surface area (Å²) in [5.41, 5.74) is 2.81. The first kappa shape index (κ1) is 11.2. The van der Waals surface area contributed by atoms with Crippen molar-refractivity contribution in [2.45, 2.75) is 6.42 Å². The molecule has 2 aromatic rings. The third-order valence-electron chi connectivity index (χ3n) is 2.60. The largest absolute Gasteiger partial charge is 0.489 e. The van der Waals surface area contributed by atoms with Crippen LogP contribution >= 0.6 is 0 Å². The number of hydrogen-bond acceptors (Lipinski definition) is 2. The average Bonchev–Trinajstić information content (AvgIpc) is 2.40. The lowest BCUT2D eigenvalue weighted by Gasteiger charge is -2.02. The summed E-state index contributed by atoms with van der Waals surface area (Å²) in [6.45, 7) is 0. The van der Waals surface area contributed by atoms with Crippen LogP contribution in [0.1, 0.15) is 11.1 Å². The van der Waals surface area contributed by atoms with E-state index >= 15 is 0 Å². The van der Waals surface area contributed by atoms with Crippen molar-refractivity contribution in [2.75, 3.05) is 7.11 Å². The van der Waals surface area contributed by atoms with E-state index in [1.807, 2.05) is 30.3 Å². The highest BCUT2D eigenvalue weighted by Crippen LogP contribution is 2.28. The summed E-state index contributed by atoms with van der Waals surface area (Å²) in [6, 6.07) is 15.8. The lowest BCUT2D eigenvalue weighted by Crippen LogP contribution is -1.90. The van der Waals surface area contributed by atoms with Gasteiger partial charge in [-0.2, -0.15) is 0 Å². The first-order chi connectivity index (χ1) is 8.33. The van der Waals surface area contributed by atoms with E-state index in [0.29, 0.717) is 11.4 Å². The smallest absolute Gasteiger partial charge is 0.426 e. The predicted octanol–water partition coefficient (Wildman–Crippen LogP) is 3.77. The van der Waals surface area contributed by atoms with Gasteiger partial charge in [0.25, 0.3) is 0 Å². The van der Waals surface area contributed by atoms with Crippen molar-refractivity contribution in [1.82, 2.24) is 0 Å². The number of hydrogen-bond donors (Lipinski definition) is 0. The average molecular weight is 225 g/mol. The molecule has 0 atom stereocenters. The Bertz CT molecular complexity index is 544. The monoisotopic (exact) mass is 225 g/mol. The molecule has 0 aromatic heterocycles. The minimum atomic E-state index is 0.448. The number of nitrogens with zero attached hydrogens (tertiary/aromatic N) is 2. The number of diazo groups is 1. The van der Waals surface area contributed by atoms with E-state index in [9.17, 15) is 0 Å². The zero-order valence-electron chi connectivity index (χ0n) is 9.63. The molecule has 0 spiro atoms. The second kappa shape index (κ2) is 5.13. The van der Waals surface area contributed by atoms with Gasteiger partial charge in [0.2, 0.25) is 11.1 Å². The maximum Gasteiger partial charge on any atom is 0.426 e. The number of rotatable bonds is 3. The highest BCUT2D eigenvalue weighted by Gasteiger charge is 2.14. The van der Waals surface area contributed by atoms with Crippen LogP contribution in [0.3, 0.4) is 0 Å². The fourth-order valence-corrected chi connectivity index (χ4v) is 1.75. The zero-order valence-corrected chi connectivity index (χ0v) is 9.63. The van der Waals surface area contributed by atoms with Gasteiger partial charge < -0.3 is 4.74 Å². The fraction of sp³-hybridized carbons (Fsp3) is 0.143. The van der Waals surface area contributed by atoms with Crippen molar-refractivity contribution in [2.24, 2.45) is 0 Å². The molecule has 2 aromatic carbocycles. The first-order valence-electron chi connectivity index (χ1n) is 5.39. The Labute approximate surface area is 100 Å². The molecule has 0 unspecified atom stereocenters. The van der Waals surface area contributed by atoms with Gasteiger partial charge in [0.05, 0.1) is 7.11 Å². The summed E-state index contributed by atoms with van der Waals surface area (Å²) in [6.07, 6.45) is 0.836. The Hall–Kier alpha value is -2.34. The Morgan fingerprint density at radius 1 is 1.06 bits per heavy atom. The van der Waals surface area contributed by atoms with Gasteiger partial charge >= 0.3 is 5.69 Å². The minimum Gasteiger partial charge on any atom is -0.489 e. The third-order valence-corrected chi connectivity index (χ3v) is 2.60. The maximum atomic E-state index is 8.78. The van der Waals surface area contributed by atoms with Gasteiger partial charge in [-0.15, -0.1) is 0 Å². The van der Waals surface area contributed by atoms with Crippen LogP contribution in [0.15, 0.2) is 48.5 Å². The molecule has 0 aliphatic rings. The Balaban J connectivity index is 2.26. The van der Waals surface area contributed by atoms with Crippen LogP contribution in [0, 0.1) is 5.39 Å². The summed E-state index contributed by atoms with van der Waals surface area (Å²) in [5, 5.41) is 8.78. The third kappa shape index (κ3) is 2.61. The van der Waals surface area contributed by atoms with E-state index in [4.69, 9.17) is 10.1 Å². The van der Waals surface area contributed by atoms with Crippen LogP contribution < -0.4 is 4.74 Å². The molecule has 0 aliphatic heterocycles. The van der Waals surface area contributed by atoms with E-state index in [2.05, 4.69) is 17.1 Å². The van der Waals surface area contributed by atoms with E-state index in [1.165, 1.54) is 5.56 Å². The quantitative estimate of drug-likeness (QED) is 0.745. The van der Waals surface area contributed by atoms with Crippen LogP contribution in [0.25, 0.3) is 4.98 Å². The minimum absolute atomic E-state index is 0.448. The molecule has 0 radical (unpaired) electrons. The van der Waals surface area contributed by atoms with E-state index in [-0.39, 0.29) is 0 Å². The van der Waals surface area contributed by atoms with Crippen molar-refractivity contribution < 1.29 is 4.74 Å². The van der Waals surface area contributed by atoms with Gasteiger partial charge in [0.1, 0.15) is 0 Å². The highest BCUT2D eigenvalue weighted by atomic mass is 16.5. The van der Waals surface area contributed by atoms with Crippen LogP contribution in [0.5, 0.6) is 5.75 Å². The molecule has 0 saturated heterocycles. The summed E-state index contributed by atoms with van der Waals surface area (Å²) >= 11 is 0. The molecule has 0 fully saturated rings. The molecule has 0 N–H and O–H groups in total. The van der Waals surface area contributed by atoms with Crippen LogP contribution in [-0.4, -0.2) is 7.11 Å². The summed E-state index contributed by atoms with van der Waals surface area (Å²) in [4.78, 5) is 3.16. The normalized spacial score (nSPS) is 9.65. The maximum absolute atomic E-state index is 8.78. The number of ether oxygens (including phenoxy) is 1. The van der Waals surface area contributed by atoms with Crippen molar-refractivity contribution >= 4 is 5.69 Å². The van der Waals surface area contributed by atoms with Gasteiger partial charge in [-0.3, -0.25) is 0 Å². The molecular weight excluding hydrogens is 212 g/mol. The lowest BCUT2D eigenvalue weighted by molar-refractivity contribution is 0.417. The summed E-state index contributed by atoms with van der Waals surface area (Å²) in [7, 11) is 1.57. The predicted molar refractivity (Wildman–Crippen MR) is 67.0 cm³/mol. The topological polar surface area (TPSA) is 37.4 Å². The molecule has 17 heavy (non-hydrogen) atoms. The number of benzene rings is 2. The standard InChI is InChI=1S/C14H13N2O/c1-17-14-10-12(7-8-13(14)16-15)9-11-5-3-2-4-6-11/h2-8,10H,9H2,1H3/q+1. The molecule has 2 rings (SSSR count). The molecule has 0 saturated carbocycles. The molecule has 84 valence electrons. The van der Waals surface area contributed by atoms with Crippen molar-refractivity contribution in [3.8, 4) is 5.75 Å². The molecule has 0 heterocycles. The summed E-state index contributed by atoms with van der Waals surface area (Å²) in [5.74, 6) is 0.584. The van der Waals surface area contributed by atoms with Crippen molar-refractivity contribution in [3.63, 3.8) is 0 Å². The van der Waals surface area contributed by atoms with Crippen LogP contribution in [0.2, 0.25) is 0 Å². The van der Waals surface area contributed by atoms with E-state index < -0.39 is 0 Å². The van der Waals surface area contributed by atoms with Gasteiger partial charge in [0, 0.05) is 6.07 Å². The van der Waals surface area contributed by atoms with Crippen LogP contribution in [0.4, 0.5) is 5.69 Å². The second-order valence-electron chi connectivity index (χ2n) is 3.77. The molecule has 0 bridgehead atoms. The molecular formula is C14H13N2O+. The van der Waals surface area contributed by atoms with Gasteiger partial charge in [0.15, 0.2) is 4.98 Å². The van der Waals surface area contributed by atoms with Gasteiger partial charge in [-0.25, -0.2) is 0 Å². The van der Waals surface area contributed by atoms with E-state index in [0.717, 1.165) is 12.0 Å². The SMILES string of the molecule is COc1cc(Cc2ccccc2)ccc1[N+]#N. The van der Waals surface area contributed by atoms with Crippen LogP contribution in [-0.2, 0) is 6.42 Å². The zero-order chi connectivity index (χ0) is 12.1. The highest BCUT2D eigenvalue weighted by molar-refractivity contribution is 5.58. The van der Waals surface area contributed by atoms with E-state index in [1.54, 1.807) is 13.2 Å². The number of methoxy groups -OCH3 is 1. The Morgan fingerprint density at radius 3 is 2.47 bits per heavy atom. The van der Waals surface area contributed by atoms with Gasteiger partial charge in [-0.1, -0.05) is 36.4 Å². The van der Waals surface area contributed by atoms with Crippen molar-refractivity contribution in [3.05, 3.63) is 64.6 Å². The molecule has 3 nitrogen and oxygen atoms in total. The van der Waals surface area contributed by atoms with Gasteiger partial charge in [-0.05, 0) is 23.6 Å². The lowest BCUT2D eigenvalue weighted by atomic mass is 10.0. The molecule has 0 aliphatic carbocycles. The molecule has 0 amide bonds. The Morgan fingerprint density at radius 2 is 1.82 bits per heavy atom. The summed E-state index contributed by atoms with van der Waals surface area (Å²) < 4.78 is 5.16. The Kier molecular flexibility index (Phi) is 3.37. The fourth-order valence-electron chi connectivity index (χ4n) is 1.75. The second-order valence-corrected chi connectivity index (χ2v) is 3.77. The molecule has 3 heteroatoms. The first-order valence-corrected chi connectivity index (χ1v) is 5.39.